The van der Waals surface area contributed by atoms with Gasteiger partial charge in [0.1, 0.15) is 6.10 Å². The smallest absolute Gasteiger partial charge is 0.128 e. The van der Waals surface area contributed by atoms with Crippen molar-refractivity contribution in [2.45, 2.75) is 13.0 Å². The number of aromatic amines is 1. The van der Waals surface area contributed by atoms with Crippen molar-refractivity contribution in [3.05, 3.63) is 44.3 Å². The Hall–Kier alpha value is -0.580. The van der Waals surface area contributed by atoms with Crippen LogP contribution in [0.3, 0.4) is 0 Å². The molecule has 0 aliphatic rings. The Morgan fingerprint density at radius 3 is 2.86 bits per heavy atom. The lowest BCUT2D eigenvalue weighted by molar-refractivity contribution is 0.220. The summed E-state index contributed by atoms with van der Waals surface area (Å²) in [4.78, 5) is 3.96. The van der Waals surface area contributed by atoms with Gasteiger partial charge in [0.05, 0.1) is 3.79 Å². The third-order valence-electron chi connectivity index (χ3n) is 2.06. The number of aliphatic hydroxyl groups excluding tert-OH is 1. The summed E-state index contributed by atoms with van der Waals surface area (Å²) in [7, 11) is 0. The average Bonchev–Trinajstić information content (AvgIpc) is 2.76. The second-order valence-electron chi connectivity index (χ2n) is 3.13. The van der Waals surface area contributed by atoms with E-state index in [1.54, 1.807) is 11.3 Å². The summed E-state index contributed by atoms with van der Waals surface area (Å²) < 4.78 is 1.08. The number of aliphatic hydroxyl groups is 1. The molecule has 14 heavy (non-hydrogen) atoms. The van der Waals surface area contributed by atoms with Crippen LogP contribution in [-0.4, -0.2) is 10.1 Å². The minimum atomic E-state index is -0.542. The maximum absolute atomic E-state index is 9.98. The second kappa shape index (κ2) is 3.88. The summed E-state index contributed by atoms with van der Waals surface area (Å²) in [5.74, 6) is 0. The first kappa shape index (κ1) is 9.96. The number of H-pyrrole nitrogens is 1. The van der Waals surface area contributed by atoms with Crippen LogP contribution < -0.4 is 0 Å². The molecule has 0 saturated heterocycles. The van der Waals surface area contributed by atoms with Crippen LogP contribution in [0.25, 0.3) is 0 Å². The van der Waals surface area contributed by atoms with Crippen molar-refractivity contribution in [2.75, 3.05) is 0 Å². The van der Waals surface area contributed by atoms with Crippen LogP contribution in [0.5, 0.6) is 0 Å². The molecule has 2 N–H and O–H groups in total. The van der Waals surface area contributed by atoms with Crippen molar-refractivity contribution in [1.82, 2.24) is 4.98 Å². The zero-order valence-corrected chi connectivity index (χ0v) is 10.0. The Bertz CT molecular complexity index is 402. The molecule has 0 bridgehead atoms. The molecule has 0 amide bonds. The van der Waals surface area contributed by atoms with Crippen molar-refractivity contribution in [3.63, 3.8) is 0 Å². The number of thiophene rings is 1. The number of hydrogen-bond acceptors (Lipinski definition) is 2. The van der Waals surface area contributed by atoms with Gasteiger partial charge < -0.3 is 10.1 Å². The van der Waals surface area contributed by atoms with Crippen LogP contribution >= 0.6 is 27.3 Å². The Morgan fingerprint density at radius 2 is 2.36 bits per heavy atom. The molecule has 1 unspecified atom stereocenters. The van der Waals surface area contributed by atoms with Gasteiger partial charge in [0.15, 0.2) is 0 Å². The van der Waals surface area contributed by atoms with E-state index >= 15 is 0 Å². The third kappa shape index (κ3) is 1.78. The van der Waals surface area contributed by atoms with E-state index in [2.05, 4.69) is 20.9 Å². The lowest BCUT2D eigenvalue weighted by Gasteiger charge is -2.04. The first-order valence-corrected chi connectivity index (χ1v) is 5.86. The quantitative estimate of drug-likeness (QED) is 0.865. The molecule has 0 fully saturated rings. The van der Waals surface area contributed by atoms with E-state index in [4.69, 9.17) is 0 Å². The summed E-state index contributed by atoms with van der Waals surface area (Å²) in [5, 5.41) is 9.98. The predicted molar refractivity (Wildman–Crippen MR) is 61.6 cm³/mol. The monoisotopic (exact) mass is 271 g/mol. The average molecular weight is 272 g/mol. The summed E-state index contributed by atoms with van der Waals surface area (Å²) in [6.45, 7) is 2.02. The molecule has 1 atom stereocenters. The molecule has 0 aliphatic heterocycles. The minimum Gasteiger partial charge on any atom is -0.381 e. The molecular formula is C10H10BrNOS. The van der Waals surface area contributed by atoms with Crippen LogP contribution in [0, 0.1) is 6.92 Å². The standard InChI is InChI=1S/C10H10BrNOS/c1-6-5-8(14-10(6)11)9(13)7-3-2-4-12-7/h2-5,9,12-13H,1H3. The molecule has 74 valence electrons. The molecule has 4 heteroatoms. The molecule has 0 saturated carbocycles. The van der Waals surface area contributed by atoms with Crippen molar-refractivity contribution in [3.8, 4) is 0 Å². The molecular weight excluding hydrogens is 262 g/mol. The van der Waals surface area contributed by atoms with Crippen molar-refractivity contribution >= 4 is 27.3 Å². The first-order chi connectivity index (χ1) is 6.68. The van der Waals surface area contributed by atoms with Gasteiger partial charge in [0.2, 0.25) is 0 Å². The van der Waals surface area contributed by atoms with Crippen LogP contribution in [0.4, 0.5) is 0 Å². The SMILES string of the molecule is Cc1cc(C(O)c2ccc[nH]2)sc1Br. The highest BCUT2D eigenvalue weighted by Gasteiger charge is 2.14. The van der Waals surface area contributed by atoms with E-state index in [1.807, 2.05) is 31.3 Å². The third-order valence-corrected chi connectivity index (χ3v) is 4.25. The lowest BCUT2D eigenvalue weighted by atomic mass is 10.2. The first-order valence-electron chi connectivity index (χ1n) is 4.25. The van der Waals surface area contributed by atoms with Gasteiger partial charge >= 0.3 is 0 Å². The fourth-order valence-electron chi connectivity index (χ4n) is 1.29. The number of halogens is 1. The topological polar surface area (TPSA) is 36.0 Å². The van der Waals surface area contributed by atoms with Gasteiger partial charge in [0, 0.05) is 16.8 Å². The highest BCUT2D eigenvalue weighted by molar-refractivity contribution is 9.11. The van der Waals surface area contributed by atoms with E-state index in [0.717, 1.165) is 19.9 Å². The lowest BCUT2D eigenvalue weighted by Crippen LogP contribution is -1.96. The highest BCUT2D eigenvalue weighted by Crippen LogP contribution is 2.33. The summed E-state index contributed by atoms with van der Waals surface area (Å²) >= 11 is 5.01. The van der Waals surface area contributed by atoms with E-state index in [1.165, 1.54) is 0 Å². The van der Waals surface area contributed by atoms with Gasteiger partial charge in [-0.25, -0.2) is 0 Å². The van der Waals surface area contributed by atoms with Crippen LogP contribution in [-0.2, 0) is 0 Å². The minimum absolute atomic E-state index is 0.542. The molecule has 0 aliphatic carbocycles. The Kier molecular flexibility index (Phi) is 2.76. The maximum atomic E-state index is 9.98. The molecule has 0 aromatic carbocycles. The maximum Gasteiger partial charge on any atom is 0.128 e. The Labute approximate surface area is 94.7 Å². The number of nitrogens with one attached hydrogen (secondary N) is 1. The van der Waals surface area contributed by atoms with Gasteiger partial charge in [-0.2, -0.15) is 0 Å². The summed E-state index contributed by atoms with van der Waals surface area (Å²) in [6, 6.07) is 5.77. The molecule has 2 aromatic rings. The molecule has 2 aromatic heterocycles. The van der Waals surface area contributed by atoms with Gasteiger partial charge in [-0.15, -0.1) is 11.3 Å². The van der Waals surface area contributed by atoms with E-state index in [9.17, 15) is 5.11 Å². The van der Waals surface area contributed by atoms with E-state index in [-0.39, 0.29) is 0 Å². The normalized spacial score (nSPS) is 13.1. The Balaban J connectivity index is 2.32. The van der Waals surface area contributed by atoms with Crippen LogP contribution in [0.2, 0.25) is 0 Å². The highest BCUT2D eigenvalue weighted by atomic mass is 79.9. The van der Waals surface area contributed by atoms with E-state index < -0.39 is 6.10 Å². The van der Waals surface area contributed by atoms with Crippen LogP contribution in [0.15, 0.2) is 28.2 Å². The fraction of sp³-hybridized carbons (Fsp3) is 0.200. The number of hydrogen-bond donors (Lipinski definition) is 2. The number of rotatable bonds is 2. The number of aromatic nitrogens is 1. The van der Waals surface area contributed by atoms with Crippen LogP contribution in [0.1, 0.15) is 22.2 Å². The number of aryl methyl sites for hydroxylation is 1. The van der Waals surface area contributed by atoms with Crippen molar-refractivity contribution in [1.29, 1.82) is 0 Å². The fourth-order valence-corrected chi connectivity index (χ4v) is 2.86. The summed E-state index contributed by atoms with van der Waals surface area (Å²) in [5.41, 5.74) is 1.99. The zero-order valence-electron chi connectivity index (χ0n) is 7.62. The molecule has 2 rings (SSSR count). The largest absolute Gasteiger partial charge is 0.381 e. The second-order valence-corrected chi connectivity index (χ2v) is 5.54. The Morgan fingerprint density at radius 1 is 1.57 bits per heavy atom. The van der Waals surface area contributed by atoms with Gasteiger partial charge in [0.25, 0.3) is 0 Å². The molecule has 2 heterocycles. The van der Waals surface area contributed by atoms with Crippen molar-refractivity contribution in [2.24, 2.45) is 0 Å². The van der Waals surface area contributed by atoms with E-state index in [0.29, 0.717) is 0 Å². The zero-order chi connectivity index (χ0) is 10.1. The van der Waals surface area contributed by atoms with Gasteiger partial charge in [-0.1, -0.05) is 0 Å². The summed E-state index contributed by atoms with van der Waals surface area (Å²) in [6.07, 6.45) is 1.27. The molecule has 0 radical (unpaired) electrons. The van der Waals surface area contributed by atoms with Crippen molar-refractivity contribution < 1.29 is 5.11 Å². The van der Waals surface area contributed by atoms with Gasteiger partial charge in [-0.3, -0.25) is 0 Å². The predicted octanol–water partition coefficient (Wildman–Crippen LogP) is 3.23. The molecule has 0 spiro atoms. The molecule has 2 nitrogen and oxygen atoms in total. The van der Waals surface area contributed by atoms with Gasteiger partial charge in [-0.05, 0) is 46.6 Å².